The van der Waals surface area contributed by atoms with Crippen LogP contribution in [-0.2, 0) is 16.6 Å². The van der Waals surface area contributed by atoms with E-state index in [1.807, 2.05) is 0 Å². The summed E-state index contributed by atoms with van der Waals surface area (Å²) in [4.78, 5) is 10.7. The summed E-state index contributed by atoms with van der Waals surface area (Å²) >= 11 is 3.15. The van der Waals surface area contributed by atoms with Crippen LogP contribution in [0, 0.1) is 15.9 Å². The largest absolute Gasteiger partial charge is 0.399 e. The fourth-order valence-corrected chi connectivity index (χ4v) is 3.32. The summed E-state index contributed by atoms with van der Waals surface area (Å²) in [6.07, 6.45) is 0. The lowest BCUT2D eigenvalue weighted by Gasteiger charge is -2.05. The lowest BCUT2D eigenvalue weighted by molar-refractivity contribution is -0.385. The quantitative estimate of drug-likeness (QED) is 0.506. The predicted molar refractivity (Wildman–Crippen MR) is 81.7 cm³/mol. The molecule has 0 aliphatic rings. The molecule has 8 heteroatoms. The van der Waals surface area contributed by atoms with E-state index < -0.39 is 21.5 Å². The van der Waals surface area contributed by atoms with E-state index in [1.54, 1.807) is 6.07 Å². The van der Waals surface area contributed by atoms with Crippen molar-refractivity contribution in [3.63, 3.8) is 0 Å². The van der Waals surface area contributed by atoms with Gasteiger partial charge in [-0.3, -0.25) is 14.3 Å². The Hall–Kier alpha value is -1.80. The summed E-state index contributed by atoms with van der Waals surface area (Å²) in [6.45, 7) is 0. The number of nitro benzene ring substituents is 1. The van der Waals surface area contributed by atoms with Gasteiger partial charge in [-0.1, -0.05) is 22.0 Å². The second-order valence-corrected chi connectivity index (χ2v) is 6.61. The van der Waals surface area contributed by atoms with Gasteiger partial charge in [0.25, 0.3) is 5.69 Å². The lowest BCUT2D eigenvalue weighted by Crippen LogP contribution is -2.02. The van der Waals surface area contributed by atoms with E-state index in [4.69, 9.17) is 5.73 Å². The number of nitrogens with zero attached hydrogens (tertiary/aromatic N) is 1. The third-order valence-corrected chi connectivity index (χ3v) is 4.52. The first-order valence-electron chi connectivity index (χ1n) is 5.74. The molecule has 0 saturated heterocycles. The molecule has 1 atom stereocenters. The molecular weight excluding hydrogens is 363 g/mol. The van der Waals surface area contributed by atoms with E-state index in [9.17, 15) is 18.7 Å². The number of benzene rings is 2. The third kappa shape index (κ3) is 3.85. The average Bonchev–Trinajstić information content (AvgIpc) is 2.39. The van der Waals surface area contributed by atoms with Crippen molar-refractivity contribution >= 4 is 38.1 Å². The first-order chi connectivity index (χ1) is 9.86. The minimum Gasteiger partial charge on any atom is -0.399 e. The standard InChI is InChI=1S/C13H10BrFN2O3S/c14-9-2-1-8(13(3-9)17(18)19)7-21(20)12-5-10(15)4-11(16)6-12/h1-6H,7,16H2. The van der Waals surface area contributed by atoms with Crippen molar-refractivity contribution in [1.29, 1.82) is 0 Å². The number of nitro groups is 1. The first kappa shape index (κ1) is 15.6. The Bertz CT molecular complexity index is 719. The van der Waals surface area contributed by atoms with Crippen molar-refractivity contribution in [1.82, 2.24) is 0 Å². The minimum atomic E-state index is -1.63. The zero-order valence-electron chi connectivity index (χ0n) is 10.6. The molecule has 0 fully saturated rings. The molecule has 0 aromatic heterocycles. The maximum atomic E-state index is 13.3. The molecule has 0 radical (unpaired) electrons. The lowest BCUT2D eigenvalue weighted by atomic mass is 10.2. The Morgan fingerprint density at radius 3 is 2.62 bits per heavy atom. The second-order valence-electron chi connectivity index (χ2n) is 4.24. The Kier molecular flexibility index (Phi) is 4.69. The number of hydrogen-bond acceptors (Lipinski definition) is 4. The molecule has 5 nitrogen and oxygen atoms in total. The highest BCUT2D eigenvalue weighted by molar-refractivity contribution is 9.10. The van der Waals surface area contributed by atoms with Crippen molar-refractivity contribution in [3.8, 4) is 0 Å². The topological polar surface area (TPSA) is 86.2 Å². The molecule has 0 bridgehead atoms. The number of anilines is 1. The van der Waals surface area contributed by atoms with E-state index in [1.165, 1.54) is 18.2 Å². The van der Waals surface area contributed by atoms with Crippen LogP contribution in [0.5, 0.6) is 0 Å². The molecule has 110 valence electrons. The number of nitrogens with two attached hydrogens (primary N) is 1. The maximum Gasteiger partial charge on any atom is 0.274 e. The zero-order chi connectivity index (χ0) is 15.6. The molecule has 0 amide bonds. The van der Waals surface area contributed by atoms with Gasteiger partial charge in [-0.15, -0.1) is 0 Å². The first-order valence-corrected chi connectivity index (χ1v) is 7.85. The zero-order valence-corrected chi connectivity index (χ0v) is 13.0. The number of halogens is 2. The van der Waals surface area contributed by atoms with Gasteiger partial charge in [0.15, 0.2) is 0 Å². The molecule has 0 aliphatic heterocycles. The number of hydrogen-bond donors (Lipinski definition) is 1. The Balaban J connectivity index is 2.33. The average molecular weight is 373 g/mol. The number of rotatable bonds is 4. The van der Waals surface area contributed by atoms with Gasteiger partial charge < -0.3 is 5.73 Å². The van der Waals surface area contributed by atoms with E-state index in [2.05, 4.69) is 15.9 Å². The van der Waals surface area contributed by atoms with Crippen LogP contribution in [0.3, 0.4) is 0 Å². The summed E-state index contributed by atoms with van der Waals surface area (Å²) in [5.74, 6) is -0.685. The Morgan fingerprint density at radius 1 is 1.29 bits per heavy atom. The van der Waals surface area contributed by atoms with Gasteiger partial charge in [0.1, 0.15) is 5.82 Å². The summed E-state index contributed by atoms with van der Waals surface area (Å²) < 4.78 is 26.0. The van der Waals surface area contributed by atoms with Crippen LogP contribution in [-0.4, -0.2) is 9.13 Å². The Labute approximate surface area is 130 Å². The second kappa shape index (κ2) is 6.31. The maximum absolute atomic E-state index is 13.3. The van der Waals surface area contributed by atoms with Crippen molar-refractivity contribution < 1.29 is 13.5 Å². The molecule has 2 rings (SSSR count). The molecule has 0 spiro atoms. The van der Waals surface area contributed by atoms with Crippen LogP contribution in [0.1, 0.15) is 5.56 Å². The fourth-order valence-electron chi connectivity index (χ4n) is 1.77. The van der Waals surface area contributed by atoms with Crippen LogP contribution in [0.25, 0.3) is 0 Å². The van der Waals surface area contributed by atoms with E-state index in [0.717, 1.165) is 12.1 Å². The van der Waals surface area contributed by atoms with Crippen molar-refractivity contribution in [3.05, 3.63) is 62.4 Å². The highest BCUT2D eigenvalue weighted by Gasteiger charge is 2.17. The van der Waals surface area contributed by atoms with Crippen molar-refractivity contribution in [2.45, 2.75) is 10.6 Å². The van der Waals surface area contributed by atoms with Crippen LogP contribution in [0.4, 0.5) is 15.8 Å². The summed E-state index contributed by atoms with van der Waals surface area (Å²) in [5.41, 5.74) is 5.83. The van der Waals surface area contributed by atoms with Crippen LogP contribution < -0.4 is 5.73 Å². The normalized spacial score (nSPS) is 12.1. The van der Waals surface area contributed by atoms with Crippen LogP contribution in [0.15, 0.2) is 45.8 Å². The van der Waals surface area contributed by atoms with Crippen molar-refractivity contribution in [2.24, 2.45) is 0 Å². The van der Waals surface area contributed by atoms with E-state index in [-0.39, 0.29) is 22.0 Å². The summed E-state index contributed by atoms with van der Waals surface area (Å²) in [7, 11) is -1.63. The van der Waals surface area contributed by atoms with Crippen LogP contribution >= 0.6 is 15.9 Å². The van der Waals surface area contributed by atoms with Gasteiger partial charge in [-0.2, -0.15) is 0 Å². The summed E-state index contributed by atoms with van der Waals surface area (Å²) in [6, 6.07) is 8.10. The minimum absolute atomic E-state index is 0.0908. The Morgan fingerprint density at radius 2 is 2.00 bits per heavy atom. The monoisotopic (exact) mass is 372 g/mol. The fraction of sp³-hybridized carbons (Fsp3) is 0.0769. The van der Waals surface area contributed by atoms with Gasteiger partial charge in [-0.25, -0.2) is 4.39 Å². The van der Waals surface area contributed by atoms with Crippen LogP contribution in [0.2, 0.25) is 0 Å². The molecule has 0 saturated carbocycles. The molecule has 2 aromatic rings. The van der Waals surface area contributed by atoms with Gasteiger partial charge in [0.2, 0.25) is 0 Å². The van der Waals surface area contributed by atoms with E-state index in [0.29, 0.717) is 10.0 Å². The molecule has 2 N–H and O–H groups in total. The van der Waals surface area contributed by atoms with Gasteiger partial charge in [0.05, 0.1) is 21.5 Å². The molecule has 0 heterocycles. The molecule has 2 aromatic carbocycles. The molecule has 0 aliphatic carbocycles. The molecule has 21 heavy (non-hydrogen) atoms. The molecule has 1 unspecified atom stereocenters. The predicted octanol–water partition coefficient (Wildman–Crippen LogP) is 3.39. The van der Waals surface area contributed by atoms with Crippen molar-refractivity contribution in [2.75, 3.05) is 5.73 Å². The molecular formula is C13H10BrFN2O3S. The third-order valence-electron chi connectivity index (χ3n) is 2.69. The number of nitrogen functional groups attached to an aromatic ring is 1. The highest BCUT2D eigenvalue weighted by atomic mass is 79.9. The summed E-state index contributed by atoms with van der Waals surface area (Å²) in [5, 5.41) is 11.0. The van der Waals surface area contributed by atoms with E-state index >= 15 is 0 Å². The SMILES string of the molecule is Nc1cc(F)cc(S(=O)Cc2ccc(Br)cc2[N+](=O)[O-])c1. The van der Waals surface area contributed by atoms with Gasteiger partial charge in [-0.05, 0) is 24.3 Å². The van der Waals surface area contributed by atoms with Gasteiger partial charge in [0, 0.05) is 26.7 Å². The smallest absolute Gasteiger partial charge is 0.274 e. The highest BCUT2D eigenvalue weighted by Crippen LogP contribution is 2.26. The van der Waals surface area contributed by atoms with Gasteiger partial charge >= 0.3 is 0 Å².